The molecule has 0 amide bonds. The minimum Gasteiger partial charge on any atom is -0.258 e. The third-order valence-corrected chi connectivity index (χ3v) is 2.69. The van der Waals surface area contributed by atoms with E-state index in [0.29, 0.717) is 9.11 Å². The second-order valence-corrected chi connectivity index (χ2v) is 4.32. The molecule has 0 aliphatic carbocycles. The van der Waals surface area contributed by atoms with Gasteiger partial charge in [-0.15, -0.1) is 0 Å². The molecule has 0 unspecified atom stereocenters. The summed E-state index contributed by atoms with van der Waals surface area (Å²) in [5.74, 6) is 0. The molecule has 0 fully saturated rings. The summed E-state index contributed by atoms with van der Waals surface area (Å²) in [6.07, 6.45) is 0. The lowest BCUT2D eigenvalue weighted by atomic mass is 10.4. The van der Waals surface area contributed by atoms with Crippen molar-refractivity contribution in [3.8, 4) is 10.7 Å². The van der Waals surface area contributed by atoms with Crippen LogP contribution in [0, 0.1) is 3.95 Å². The van der Waals surface area contributed by atoms with Gasteiger partial charge in [-0.2, -0.15) is 5.10 Å². The predicted molar refractivity (Wildman–Crippen MR) is 55.5 cm³/mol. The van der Waals surface area contributed by atoms with E-state index >= 15 is 0 Å². The Labute approximate surface area is 88.4 Å². The molecule has 0 spiro atoms. The van der Waals surface area contributed by atoms with Crippen LogP contribution in [0.5, 0.6) is 0 Å². The van der Waals surface area contributed by atoms with Crippen molar-refractivity contribution in [3.05, 3.63) is 27.3 Å². The molecule has 3 nitrogen and oxygen atoms in total. The fourth-order valence-corrected chi connectivity index (χ4v) is 1.89. The first kappa shape index (κ1) is 8.80. The Morgan fingerprint density at radius 2 is 2.31 bits per heavy atom. The van der Waals surface area contributed by atoms with Gasteiger partial charge >= 0.3 is 0 Å². The van der Waals surface area contributed by atoms with Crippen molar-refractivity contribution < 1.29 is 0 Å². The molecular weight excluding hydrogens is 226 g/mol. The van der Waals surface area contributed by atoms with Crippen LogP contribution in [0.25, 0.3) is 10.7 Å². The van der Waals surface area contributed by atoms with Crippen molar-refractivity contribution in [1.29, 1.82) is 0 Å². The minimum absolute atomic E-state index is 0.457. The van der Waals surface area contributed by atoms with Crippen molar-refractivity contribution in [3.63, 3.8) is 0 Å². The summed E-state index contributed by atoms with van der Waals surface area (Å²) in [4.78, 5) is 4.10. The number of H-pyrrole nitrogens is 1. The highest BCUT2D eigenvalue weighted by Gasteiger charge is 2.03. The first-order chi connectivity index (χ1) is 6.25. The Hall–Kier alpha value is -0.780. The lowest BCUT2D eigenvalue weighted by molar-refractivity contribution is 1.08. The van der Waals surface area contributed by atoms with E-state index in [1.165, 1.54) is 11.3 Å². The Balaban J connectivity index is 2.52. The van der Waals surface area contributed by atoms with Gasteiger partial charge in [0.2, 0.25) is 0 Å². The molecule has 0 radical (unpaired) electrons. The van der Waals surface area contributed by atoms with Gasteiger partial charge in [0.25, 0.3) is 0 Å². The number of hydrogen-bond acceptors (Lipinski definition) is 4. The van der Waals surface area contributed by atoms with Crippen LogP contribution in [-0.2, 0) is 0 Å². The molecule has 0 bridgehead atoms. The zero-order valence-corrected chi connectivity index (χ0v) is 8.71. The summed E-state index contributed by atoms with van der Waals surface area (Å²) in [5, 5.41) is 7.90. The number of hydrogen-bond donors (Lipinski definition) is 1. The second kappa shape index (κ2) is 3.53. The summed E-state index contributed by atoms with van der Waals surface area (Å²) >= 11 is 12.0. The van der Waals surface area contributed by atoms with Crippen LogP contribution in [0.3, 0.4) is 0 Å². The van der Waals surface area contributed by atoms with Gasteiger partial charge in [0.15, 0.2) is 8.96 Å². The number of rotatable bonds is 1. The molecule has 2 aromatic heterocycles. The summed E-state index contributed by atoms with van der Waals surface area (Å²) in [5.41, 5.74) is 0.741. The van der Waals surface area contributed by atoms with Gasteiger partial charge in [0, 0.05) is 0 Å². The highest BCUT2D eigenvalue weighted by molar-refractivity contribution is 7.73. The predicted octanol–water partition coefficient (Wildman–Crippen LogP) is 2.92. The van der Waals surface area contributed by atoms with E-state index < -0.39 is 0 Å². The first-order valence-electron chi connectivity index (χ1n) is 3.44. The molecule has 2 aromatic rings. The van der Waals surface area contributed by atoms with E-state index in [1.807, 2.05) is 12.1 Å². The standard InChI is InChI=1S/C7H4ClN3S2/c8-5-3-1-2-4(9-5)6-10-11-7(12)13-6/h1-3H,(H,11,12). The third kappa shape index (κ3) is 1.93. The van der Waals surface area contributed by atoms with Crippen molar-refractivity contribution in [1.82, 2.24) is 15.2 Å². The van der Waals surface area contributed by atoms with E-state index in [-0.39, 0.29) is 0 Å². The maximum atomic E-state index is 5.73. The Morgan fingerprint density at radius 3 is 2.92 bits per heavy atom. The summed E-state index contributed by atoms with van der Waals surface area (Å²) in [6.45, 7) is 0. The third-order valence-electron chi connectivity index (χ3n) is 1.37. The summed E-state index contributed by atoms with van der Waals surface area (Å²) < 4.78 is 0.636. The fraction of sp³-hybridized carbons (Fsp3) is 0. The van der Waals surface area contributed by atoms with Crippen LogP contribution in [0.1, 0.15) is 0 Å². The lowest BCUT2D eigenvalue weighted by Crippen LogP contribution is -1.82. The van der Waals surface area contributed by atoms with E-state index in [9.17, 15) is 0 Å². The van der Waals surface area contributed by atoms with Crippen molar-refractivity contribution >= 4 is 35.2 Å². The maximum Gasteiger partial charge on any atom is 0.176 e. The van der Waals surface area contributed by atoms with Gasteiger partial charge in [0.05, 0.1) is 0 Å². The van der Waals surface area contributed by atoms with Crippen LogP contribution >= 0.6 is 35.2 Å². The van der Waals surface area contributed by atoms with Gasteiger partial charge in [-0.05, 0) is 24.4 Å². The molecule has 66 valence electrons. The highest BCUT2D eigenvalue weighted by atomic mass is 35.5. The minimum atomic E-state index is 0.457. The largest absolute Gasteiger partial charge is 0.258 e. The number of pyridine rings is 1. The van der Waals surface area contributed by atoms with Crippen molar-refractivity contribution in [2.75, 3.05) is 0 Å². The zero-order chi connectivity index (χ0) is 9.26. The Bertz CT molecular complexity index is 476. The molecule has 0 saturated heterocycles. The van der Waals surface area contributed by atoms with E-state index in [2.05, 4.69) is 15.2 Å². The summed E-state index contributed by atoms with van der Waals surface area (Å²) in [6, 6.07) is 5.39. The number of aromatic nitrogens is 3. The highest BCUT2D eigenvalue weighted by Crippen LogP contribution is 2.20. The van der Waals surface area contributed by atoms with Crippen LogP contribution in [0.15, 0.2) is 18.2 Å². The molecule has 0 atom stereocenters. The average molecular weight is 230 g/mol. The number of halogens is 1. The molecule has 2 rings (SSSR count). The number of nitrogens with one attached hydrogen (secondary N) is 1. The lowest BCUT2D eigenvalue weighted by Gasteiger charge is -1.93. The molecule has 0 aliphatic rings. The van der Waals surface area contributed by atoms with Crippen LogP contribution in [-0.4, -0.2) is 15.2 Å². The Kier molecular flexibility index (Phi) is 2.39. The van der Waals surface area contributed by atoms with Crippen molar-refractivity contribution in [2.45, 2.75) is 0 Å². The second-order valence-electron chi connectivity index (χ2n) is 2.26. The topological polar surface area (TPSA) is 41.6 Å². The van der Waals surface area contributed by atoms with Gasteiger partial charge in [-0.3, -0.25) is 5.10 Å². The van der Waals surface area contributed by atoms with E-state index in [1.54, 1.807) is 6.07 Å². The van der Waals surface area contributed by atoms with Gasteiger partial charge in [0.1, 0.15) is 10.8 Å². The van der Waals surface area contributed by atoms with Gasteiger partial charge in [-0.1, -0.05) is 29.0 Å². The molecule has 0 aromatic carbocycles. The van der Waals surface area contributed by atoms with Crippen LogP contribution in [0.2, 0.25) is 5.15 Å². The smallest absolute Gasteiger partial charge is 0.176 e. The molecule has 0 saturated carbocycles. The molecular formula is C7H4ClN3S2. The normalized spacial score (nSPS) is 10.2. The summed E-state index contributed by atoms with van der Waals surface area (Å²) in [7, 11) is 0. The number of aromatic amines is 1. The zero-order valence-electron chi connectivity index (χ0n) is 6.32. The molecule has 13 heavy (non-hydrogen) atoms. The average Bonchev–Trinajstić information content (AvgIpc) is 2.52. The van der Waals surface area contributed by atoms with Gasteiger partial charge in [-0.25, -0.2) is 4.98 Å². The molecule has 1 N–H and O–H groups in total. The van der Waals surface area contributed by atoms with E-state index in [0.717, 1.165) is 10.7 Å². The quantitative estimate of drug-likeness (QED) is 0.604. The fourth-order valence-electron chi connectivity index (χ4n) is 0.867. The van der Waals surface area contributed by atoms with Gasteiger partial charge < -0.3 is 0 Å². The SMILES string of the molecule is S=c1[nH]nc(-c2cccc(Cl)n2)s1. The molecule has 0 aliphatic heterocycles. The van der Waals surface area contributed by atoms with Crippen LogP contribution in [0.4, 0.5) is 0 Å². The molecule has 6 heteroatoms. The first-order valence-corrected chi connectivity index (χ1v) is 5.04. The monoisotopic (exact) mass is 229 g/mol. The number of nitrogens with zero attached hydrogens (tertiary/aromatic N) is 2. The van der Waals surface area contributed by atoms with E-state index in [4.69, 9.17) is 23.8 Å². The van der Waals surface area contributed by atoms with Crippen molar-refractivity contribution in [2.24, 2.45) is 0 Å². The molecule has 2 heterocycles. The maximum absolute atomic E-state index is 5.73. The van der Waals surface area contributed by atoms with Crippen LogP contribution < -0.4 is 0 Å². The Morgan fingerprint density at radius 1 is 1.46 bits per heavy atom.